The van der Waals surface area contributed by atoms with Crippen LogP contribution < -0.4 is 0 Å². The van der Waals surface area contributed by atoms with Crippen molar-refractivity contribution < 1.29 is 0 Å². The Labute approximate surface area is 103 Å². The molecule has 0 fully saturated rings. The van der Waals surface area contributed by atoms with Crippen LogP contribution in [0.1, 0.15) is 11.3 Å². The number of hydrogen-bond donors (Lipinski definition) is 0. The van der Waals surface area contributed by atoms with Gasteiger partial charge in [0.2, 0.25) is 0 Å². The van der Waals surface area contributed by atoms with Crippen LogP contribution in [-0.2, 0) is 7.05 Å². The molecule has 1 aromatic carbocycles. The van der Waals surface area contributed by atoms with Crippen LogP contribution in [0, 0.1) is 18.3 Å². The molecule has 0 amide bonds. The van der Waals surface area contributed by atoms with Crippen molar-refractivity contribution in [3.05, 3.63) is 46.1 Å². The zero-order chi connectivity index (χ0) is 11.7. The first-order valence-corrected chi connectivity index (χ1v) is 5.75. The molecule has 2 nitrogen and oxygen atoms in total. The lowest BCUT2D eigenvalue weighted by Gasteiger charge is -2.05. The van der Waals surface area contributed by atoms with Gasteiger partial charge >= 0.3 is 0 Å². The van der Waals surface area contributed by atoms with Crippen LogP contribution in [0.3, 0.4) is 0 Å². The first-order valence-electron chi connectivity index (χ1n) is 4.96. The predicted octanol–water partition coefficient (Wildman–Crippen LogP) is 3.63. The van der Waals surface area contributed by atoms with Crippen molar-refractivity contribution in [3.8, 4) is 17.3 Å². The fourth-order valence-electron chi connectivity index (χ4n) is 1.74. The zero-order valence-electron chi connectivity index (χ0n) is 9.16. The molecule has 0 atom stereocenters. The molecule has 2 rings (SSSR count). The Kier molecular flexibility index (Phi) is 2.84. The largest absolute Gasteiger partial charge is 0.347 e. The molecule has 2 aromatic rings. The average Bonchev–Trinajstić information content (AvgIpc) is 2.56. The third-order valence-corrected chi connectivity index (χ3v) is 3.27. The molecule has 16 heavy (non-hydrogen) atoms. The number of hydrogen-bond acceptors (Lipinski definition) is 1. The number of benzene rings is 1. The van der Waals surface area contributed by atoms with Crippen LogP contribution in [0.25, 0.3) is 11.3 Å². The summed E-state index contributed by atoms with van der Waals surface area (Å²) in [6.45, 7) is 1.96. The summed E-state index contributed by atoms with van der Waals surface area (Å²) in [4.78, 5) is 0. The summed E-state index contributed by atoms with van der Waals surface area (Å²) < 4.78 is 3.09. The van der Waals surface area contributed by atoms with E-state index >= 15 is 0 Å². The molecular formula is C13H11BrN2. The quantitative estimate of drug-likeness (QED) is 0.781. The van der Waals surface area contributed by atoms with Crippen LogP contribution in [0.5, 0.6) is 0 Å². The molecule has 1 heterocycles. The maximum absolute atomic E-state index is 8.99. The second kappa shape index (κ2) is 4.15. The van der Waals surface area contributed by atoms with Crippen molar-refractivity contribution in [1.29, 1.82) is 5.26 Å². The molecular weight excluding hydrogens is 264 g/mol. The minimum absolute atomic E-state index is 0.734. The highest BCUT2D eigenvalue weighted by molar-refractivity contribution is 9.10. The molecule has 1 aromatic heterocycles. The molecule has 0 aliphatic carbocycles. The minimum Gasteiger partial charge on any atom is -0.347 e. The van der Waals surface area contributed by atoms with Crippen molar-refractivity contribution in [2.75, 3.05) is 0 Å². The van der Waals surface area contributed by atoms with Gasteiger partial charge in [-0.15, -0.1) is 0 Å². The standard InChI is InChI=1S/C13H11BrN2/c1-9-11(8-15)7-13(16(9)2)10-4-3-5-12(14)6-10/h3-7H,1-2H3. The van der Waals surface area contributed by atoms with E-state index in [9.17, 15) is 0 Å². The lowest BCUT2D eigenvalue weighted by molar-refractivity contribution is 0.888. The molecule has 0 bridgehead atoms. The molecule has 0 unspecified atom stereocenters. The van der Waals surface area contributed by atoms with Crippen molar-refractivity contribution in [1.82, 2.24) is 4.57 Å². The predicted molar refractivity (Wildman–Crippen MR) is 68.0 cm³/mol. The van der Waals surface area contributed by atoms with Gasteiger partial charge < -0.3 is 4.57 Å². The summed E-state index contributed by atoms with van der Waals surface area (Å²) >= 11 is 3.45. The number of halogens is 1. The third-order valence-electron chi connectivity index (χ3n) is 2.78. The number of rotatable bonds is 1. The first kappa shape index (κ1) is 11.0. The van der Waals surface area contributed by atoms with Crippen LogP contribution in [-0.4, -0.2) is 4.57 Å². The van der Waals surface area contributed by atoms with E-state index in [2.05, 4.69) is 28.1 Å². The van der Waals surface area contributed by atoms with Crippen LogP contribution in [0.15, 0.2) is 34.8 Å². The van der Waals surface area contributed by atoms with E-state index in [0.717, 1.165) is 27.0 Å². The number of nitrogens with zero attached hydrogens (tertiary/aromatic N) is 2. The fraction of sp³-hybridized carbons (Fsp3) is 0.154. The van der Waals surface area contributed by atoms with Crippen molar-refractivity contribution in [3.63, 3.8) is 0 Å². The van der Waals surface area contributed by atoms with Gasteiger partial charge in [0, 0.05) is 22.9 Å². The van der Waals surface area contributed by atoms with E-state index in [1.807, 2.05) is 42.8 Å². The van der Waals surface area contributed by atoms with Crippen molar-refractivity contribution >= 4 is 15.9 Å². The Morgan fingerprint density at radius 3 is 2.62 bits per heavy atom. The maximum Gasteiger partial charge on any atom is 0.101 e. The molecule has 0 saturated carbocycles. The highest BCUT2D eigenvalue weighted by Crippen LogP contribution is 2.26. The summed E-state index contributed by atoms with van der Waals surface area (Å²) in [5.41, 5.74) is 3.91. The Hall–Kier alpha value is -1.53. The molecule has 0 aliphatic heterocycles. The van der Waals surface area contributed by atoms with E-state index in [1.165, 1.54) is 0 Å². The Balaban J connectivity index is 2.62. The van der Waals surface area contributed by atoms with Gasteiger partial charge in [-0.05, 0) is 30.7 Å². The third kappa shape index (κ3) is 1.77. The van der Waals surface area contributed by atoms with Crippen LogP contribution in [0.4, 0.5) is 0 Å². The van der Waals surface area contributed by atoms with Gasteiger partial charge in [0.25, 0.3) is 0 Å². The van der Waals surface area contributed by atoms with Gasteiger partial charge in [0.1, 0.15) is 6.07 Å². The summed E-state index contributed by atoms with van der Waals surface area (Å²) in [5.74, 6) is 0. The SMILES string of the molecule is Cc1c(C#N)cc(-c2cccc(Br)c2)n1C. The Morgan fingerprint density at radius 2 is 2.06 bits per heavy atom. The van der Waals surface area contributed by atoms with Crippen molar-refractivity contribution in [2.24, 2.45) is 7.05 Å². The Bertz CT molecular complexity index is 576. The maximum atomic E-state index is 8.99. The average molecular weight is 275 g/mol. The monoisotopic (exact) mass is 274 g/mol. The molecule has 80 valence electrons. The summed E-state index contributed by atoms with van der Waals surface area (Å²) in [5, 5.41) is 8.99. The summed E-state index contributed by atoms with van der Waals surface area (Å²) in [6, 6.07) is 12.2. The van der Waals surface area contributed by atoms with Crippen molar-refractivity contribution in [2.45, 2.75) is 6.92 Å². The van der Waals surface area contributed by atoms with Gasteiger partial charge in [0.15, 0.2) is 0 Å². The smallest absolute Gasteiger partial charge is 0.101 e. The second-order valence-electron chi connectivity index (χ2n) is 3.71. The molecule has 3 heteroatoms. The molecule has 0 saturated heterocycles. The first-order chi connectivity index (χ1) is 7.63. The summed E-state index contributed by atoms with van der Waals surface area (Å²) in [7, 11) is 1.98. The minimum atomic E-state index is 0.734. The summed E-state index contributed by atoms with van der Waals surface area (Å²) in [6.07, 6.45) is 0. The molecule has 0 N–H and O–H groups in total. The topological polar surface area (TPSA) is 28.7 Å². The lowest BCUT2D eigenvalue weighted by Crippen LogP contribution is -1.94. The normalized spacial score (nSPS) is 10.1. The number of aromatic nitrogens is 1. The molecule has 0 spiro atoms. The zero-order valence-corrected chi connectivity index (χ0v) is 10.7. The van der Waals surface area contributed by atoms with Crippen LogP contribution in [0.2, 0.25) is 0 Å². The second-order valence-corrected chi connectivity index (χ2v) is 4.63. The molecule has 0 radical (unpaired) electrons. The van der Waals surface area contributed by atoms with Gasteiger partial charge in [-0.3, -0.25) is 0 Å². The van der Waals surface area contributed by atoms with E-state index in [0.29, 0.717) is 0 Å². The van der Waals surface area contributed by atoms with E-state index < -0.39 is 0 Å². The van der Waals surface area contributed by atoms with E-state index in [4.69, 9.17) is 5.26 Å². The van der Waals surface area contributed by atoms with E-state index in [-0.39, 0.29) is 0 Å². The highest BCUT2D eigenvalue weighted by atomic mass is 79.9. The van der Waals surface area contributed by atoms with Crippen LogP contribution >= 0.6 is 15.9 Å². The van der Waals surface area contributed by atoms with Gasteiger partial charge in [-0.1, -0.05) is 28.1 Å². The Morgan fingerprint density at radius 1 is 1.31 bits per heavy atom. The molecule has 0 aliphatic rings. The fourth-order valence-corrected chi connectivity index (χ4v) is 2.14. The highest BCUT2D eigenvalue weighted by Gasteiger charge is 2.10. The van der Waals surface area contributed by atoms with Gasteiger partial charge in [-0.2, -0.15) is 5.26 Å². The van der Waals surface area contributed by atoms with Gasteiger partial charge in [0.05, 0.1) is 5.56 Å². The number of nitriles is 1. The lowest BCUT2D eigenvalue weighted by atomic mass is 10.1. The van der Waals surface area contributed by atoms with Gasteiger partial charge in [-0.25, -0.2) is 0 Å². The van der Waals surface area contributed by atoms with E-state index in [1.54, 1.807) is 0 Å².